The van der Waals surface area contributed by atoms with Gasteiger partial charge in [0.25, 0.3) is 0 Å². The number of aliphatic hydroxyl groups is 1. The van der Waals surface area contributed by atoms with Gasteiger partial charge in [-0.1, -0.05) is 12.1 Å². The number of aromatic nitrogens is 1. The molecule has 1 aromatic heterocycles. The second-order valence-electron chi connectivity index (χ2n) is 3.39. The molecule has 16 heavy (non-hydrogen) atoms. The summed E-state index contributed by atoms with van der Waals surface area (Å²) in [6.45, 7) is 0. The average Bonchev–Trinajstić information content (AvgIpc) is 2.28. The monoisotopic (exact) mass is 329 g/mol. The number of pyridine rings is 1. The third kappa shape index (κ3) is 2.56. The zero-order valence-corrected chi connectivity index (χ0v) is 10.4. The average molecular weight is 329 g/mol. The van der Waals surface area contributed by atoms with E-state index in [1.807, 2.05) is 18.2 Å². The minimum Gasteiger partial charge on any atom is -0.384 e. The van der Waals surface area contributed by atoms with Gasteiger partial charge in [-0.2, -0.15) is 0 Å². The molecule has 0 aliphatic carbocycles. The fourth-order valence-corrected chi connectivity index (χ4v) is 2.01. The van der Waals surface area contributed by atoms with E-state index in [9.17, 15) is 9.50 Å². The van der Waals surface area contributed by atoms with Gasteiger partial charge in [-0.25, -0.2) is 4.39 Å². The molecule has 0 fully saturated rings. The van der Waals surface area contributed by atoms with Crippen LogP contribution in [0.3, 0.4) is 0 Å². The number of halogens is 2. The van der Waals surface area contributed by atoms with Crippen molar-refractivity contribution in [1.29, 1.82) is 0 Å². The topological polar surface area (TPSA) is 33.1 Å². The van der Waals surface area contributed by atoms with Crippen LogP contribution >= 0.6 is 22.6 Å². The molecule has 1 aromatic carbocycles. The van der Waals surface area contributed by atoms with Crippen LogP contribution in [0.5, 0.6) is 0 Å². The molecule has 1 atom stereocenters. The van der Waals surface area contributed by atoms with Crippen molar-refractivity contribution < 1.29 is 9.50 Å². The van der Waals surface area contributed by atoms with Gasteiger partial charge in [-0.3, -0.25) is 4.98 Å². The molecule has 0 aliphatic heterocycles. The van der Waals surface area contributed by atoms with Crippen LogP contribution in [0, 0.1) is 9.39 Å². The zero-order chi connectivity index (χ0) is 11.5. The molecule has 0 spiro atoms. The smallest absolute Gasteiger partial charge is 0.141 e. The maximum absolute atomic E-state index is 12.9. The number of hydrogen-bond donors (Lipinski definition) is 1. The summed E-state index contributed by atoms with van der Waals surface area (Å²) in [5.41, 5.74) is 1.20. The Balaban J connectivity index is 2.35. The van der Waals surface area contributed by atoms with E-state index in [4.69, 9.17) is 0 Å². The molecule has 0 saturated carbocycles. The van der Waals surface area contributed by atoms with E-state index < -0.39 is 11.9 Å². The number of rotatable bonds is 2. The summed E-state index contributed by atoms with van der Waals surface area (Å²) in [5.74, 6) is -0.442. The van der Waals surface area contributed by atoms with E-state index >= 15 is 0 Å². The van der Waals surface area contributed by atoms with Crippen LogP contribution in [0.25, 0.3) is 0 Å². The molecule has 4 heteroatoms. The van der Waals surface area contributed by atoms with Crippen molar-refractivity contribution in [1.82, 2.24) is 4.98 Å². The Morgan fingerprint density at radius 2 is 2.00 bits per heavy atom. The summed E-state index contributed by atoms with van der Waals surface area (Å²) in [4.78, 5) is 3.72. The van der Waals surface area contributed by atoms with Crippen LogP contribution in [0.4, 0.5) is 4.39 Å². The van der Waals surface area contributed by atoms with Gasteiger partial charge in [0.15, 0.2) is 0 Å². The van der Waals surface area contributed by atoms with Crippen molar-refractivity contribution in [2.75, 3.05) is 0 Å². The quantitative estimate of drug-likeness (QED) is 0.860. The van der Waals surface area contributed by atoms with Gasteiger partial charge >= 0.3 is 0 Å². The largest absolute Gasteiger partial charge is 0.384 e. The van der Waals surface area contributed by atoms with Crippen LogP contribution in [-0.4, -0.2) is 10.1 Å². The molecule has 2 rings (SSSR count). The second kappa shape index (κ2) is 4.88. The van der Waals surface area contributed by atoms with Crippen molar-refractivity contribution in [3.8, 4) is 0 Å². The third-order valence-electron chi connectivity index (χ3n) is 2.21. The SMILES string of the molecule is OC(c1cncc(F)c1)c1cccc(I)c1. The highest BCUT2D eigenvalue weighted by molar-refractivity contribution is 14.1. The summed E-state index contributed by atoms with van der Waals surface area (Å²) in [6, 6.07) is 8.74. The van der Waals surface area contributed by atoms with E-state index in [1.54, 1.807) is 6.07 Å². The second-order valence-corrected chi connectivity index (χ2v) is 4.64. The summed E-state index contributed by atoms with van der Waals surface area (Å²) < 4.78 is 14.0. The van der Waals surface area contributed by atoms with Gasteiger partial charge in [-0.05, 0) is 46.4 Å². The number of nitrogens with zero attached hydrogens (tertiary/aromatic N) is 1. The summed E-state index contributed by atoms with van der Waals surface area (Å²) in [5, 5.41) is 10.0. The lowest BCUT2D eigenvalue weighted by molar-refractivity contribution is 0.219. The van der Waals surface area contributed by atoms with Gasteiger partial charge in [0.2, 0.25) is 0 Å². The van der Waals surface area contributed by atoms with E-state index in [-0.39, 0.29) is 0 Å². The standard InChI is InChI=1S/C12H9FINO/c13-10-4-9(6-15-7-10)12(16)8-2-1-3-11(14)5-8/h1-7,12,16H. The molecule has 1 N–H and O–H groups in total. The maximum Gasteiger partial charge on any atom is 0.141 e. The Labute approximate surface area is 106 Å². The molecule has 0 radical (unpaired) electrons. The van der Waals surface area contributed by atoms with E-state index in [0.29, 0.717) is 5.56 Å². The Bertz CT molecular complexity index is 458. The van der Waals surface area contributed by atoms with Crippen LogP contribution in [-0.2, 0) is 0 Å². The lowest BCUT2D eigenvalue weighted by Gasteiger charge is -2.11. The normalized spacial score (nSPS) is 12.4. The van der Waals surface area contributed by atoms with Gasteiger partial charge in [0.05, 0.1) is 6.20 Å². The molecule has 1 unspecified atom stereocenters. The number of hydrogen-bond acceptors (Lipinski definition) is 2. The van der Waals surface area contributed by atoms with Crippen molar-refractivity contribution in [3.63, 3.8) is 0 Å². The van der Waals surface area contributed by atoms with Gasteiger partial charge in [0.1, 0.15) is 11.9 Å². The first kappa shape index (κ1) is 11.5. The minimum absolute atomic E-state index is 0.442. The fraction of sp³-hybridized carbons (Fsp3) is 0.0833. The van der Waals surface area contributed by atoms with Crippen molar-refractivity contribution in [2.45, 2.75) is 6.10 Å². The first-order valence-electron chi connectivity index (χ1n) is 4.71. The molecule has 0 aliphatic rings. The number of aliphatic hydroxyl groups excluding tert-OH is 1. The van der Waals surface area contributed by atoms with Gasteiger partial charge in [0, 0.05) is 15.3 Å². The Hall–Kier alpha value is -1.01. The highest BCUT2D eigenvalue weighted by Crippen LogP contribution is 2.22. The lowest BCUT2D eigenvalue weighted by Crippen LogP contribution is -2.01. The number of benzene rings is 1. The molecule has 1 heterocycles. The maximum atomic E-state index is 12.9. The van der Waals surface area contributed by atoms with E-state index in [2.05, 4.69) is 27.6 Å². The van der Waals surface area contributed by atoms with Crippen LogP contribution in [0.1, 0.15) is 17.2 Å². The van der Waals surface area contributed by atoms with Crippen LogP contribution < -0.4 is 0 Å². The molecule has 0 amide bonds. The third-order valence-corrected chi connectivity index (χ3v) is 2.88. The first-order valence-corrected chi connectivity index (χ1v) is 5.78. The van der Waals surface area contributed by atoms with Crippen LogP contribution in [0.2, 0.25) is 0 Å². The molecule has 0 saturated heterocycles. The first-order chi connectivity index (χ1) is 7.66. The molecule has 82 valence electrons. The lowest BCUT2D eigenvalue weighted by atomic mass is 10.0. The van der Waals surface area contributed by atoms with Gasteiger partial charge < -0.3 is 5.11 Å². The van der Waals surface area contributed by atoms with Crippen molar-refractivity contribution in [3.05, 3.63) is 63.2 Å². The Morgan fingerprint density at radius 1 is 1.19 bits per heavy atom. The summed E-state index contributed by atoms with van der Waals surface area (Å²) >= 11 is 2.16. The fourth-order valence-electron chi connectivity index (χ4n) is 1.45. The predicted octanol–water partition coefficient (Wildman–Crippen LogP) is 2.91. The highest BCUT2D eigenvalue weighted by Gasteiger charge is 2.11. The van der Waals surface area contributed by atoms with Crippen molar-refractivity contribution >= 4 is 22.6 Å². The van der Waals surface area contributed by atoms with Gasteiger partial charge in [-0.15, -0.1) is 0 Å². The molecule has 2 aromatic rings. The predicted molar refractivity (Wildman–Crippen MR) is 67.4 cm³/mol. The molecule has 2 nitrogen and oxygen atoms in total. The highest BCUT2D eigenvalue weighted by atomic mass is 127. The molecular formula is C12H9FINO. The van der Waals surface area contributed by atoms with E-state index in [1.165, 1.54) is 12.3 Å². The van der Waals surface area contributed by atoms with E-state index in [0.717, 1.165) is 15.3 Å². The Morgan fingerprint density at radius 3 is 2.69 bits per heavy atom. The summed E-state index contributed by atoms with van der Waals surface area (Å²) in [6.07, 6.45) is 1.75. The summed E-state index contributed by atoms with van der Waals surface area (Å²) in [7, 11) is 0. The Kier molecular flexibility index (Phi) is 3.50. The minimum atomic E-state index is -0.835. The molecule has 0 bridgehead atoms. The zero-order valence-electron chi connectivity index (χ0n) is 8.27. The van der Waals surface area contributed by atoms with Crippen LogP contribution in [0.15, 0.2) is 42.7 Å². The molecular weight excluding hydrogens is 320 g/mol. The van der Waals surface area contributed by atoms with Crippen molar-refractivity contribution in [2.24, 2.45) is 0 Å².